The van der Waals surface area contributed by atoms with E-state index in [9.17, 15) is 0 Å². The first-order valence-electron chi connectivity index (χ1n) is 5.96. The minimum atomic E-state index is 0.687. The third kappa shape index (κ3) is 2.31. The van der Waals surface area contributed by atoms with E-state index in [0.29, 0.717) is 5.56 Å². The predicted molar refractivity (Wildman–Crippen MR) is 79.1 cm³/mol. The molecule has 0 fully saturated rings. The minimum Gasteiger partial charge on any atom is -0.192 e. The Balaban J connectivity index is 2.12. The van der Waals surface area contributed by atoms with Crippen LogP contribution in [-0.2, 0) is 0 Å². The third-order valence-corrected chi connectivity index (χ3v) is 3.40. The molecule has 0 saturated carbocycles. The maximum absolute atomic E-state index is 8.89. The largest absolute Gasteiger partial charge is 0.192 e. The molecule has 19 heavy (non-hydrogen) atoms. The van der Waals surface area contributed by atoms with Gasteiger partial charge in [-0.1, -0.05) is 41.9 Å². The van der Waals surface area contributed by atoms with Crippen molar-refractivity contribution < 1.29 is 0 Å². The lowest BCUT2D eigenvalue weighted by Gasteiger charge is -2.04. The highest BCUT2D eigenvalue weighted by Gasteiger charge is 2.01. The van der Waals surface area contributed by atoms with Crippen molar-refractivity contribution in [2.45, 2.75) is 0 Å². The summed E-state index contributed by atoms with van der Waals surface area (Å²) in [7, 11) is 0. The normalized spacial score (nSPS) is 10.3. The van der Waals surface area contributed by atoms with Crippen molar-refractivity contribution >= 4 is 22.4 Å². The summed E-state index contributed by atoms with van der Waals surface area (Å²) in [6.07, 6.45) is 0. The zero-order chi connectivity index (χ0) is 13.2. The average Bonchev–Trinajstić information content (AvgIpc) is 2.47. The van der Waals surface area contributed by atoms with E-state index in [1.54, 1.807) is 0 Å². The summed E-state index contributed by atoms with van der Waals surface area (Å²) in [6.45, 7) is 0. The van der Waals surface area contributed by atoms with Crippen LogP contribution in [0.5, 0.6) is 0 Å². The Morgan fingerprint density at radius 3 is 2.11 bits per heavy atom. The summed E-state index contributed by atoms with van der Waals surface area (Å²) in [4.78, 5) is 0. The van der Waals surface area contributed by atoms with Gasteiger partial charge in [-0.05, 0) is 52.2 Å². The van der Waals surface area contributed by atoms with Crippen molar-refractivity contribution in [2.24, 2.45) is 0 Å². The van der Waals surface area contributed by atoms with Crippen LogP contribution in [0.1, 0.15) is 5.56 Å². The standard InChI is InChI=1S/C17H10ClN/c18-17-7-5-13(6-8-17)15-4-3-14-9-12(11-19)1-2-16(14)10-15/h1-10H. The topological polar surface area (TPSA) is 23.8 Å². The van der Waals surface area contributed by atoms with Crippen LogP contribution in [0.3, 0.4) is 0 Å². The molecule has 0 amide bonds. The molecule has 3 aromatic rings. The van der Waals surface area contributed by atoms with E-state index in [2.05, 4.69) is 18.2 Å². The number of fused-ring (bicyclic) bond motifs is 1. The Kier molecular flexibility index (Phi) is 2.95. The second kappa shape index (κ2) is 4.76. The van der Waals surface area contributed by atoms with Crippen LogP contribution in [0.2, 0.25) is 5.02 Å². The Labute approximate surface area is 116 Å². The van der Waals surface area contributed by atoms with E-state index >= 15 is 0 Å². The average molecular weight is 264 g/mol. The first kappa shape index (κ1) is 11.8. The number of hydrogen-bond donors (Lipinski definition) is 0. The molecule has 0 bridgehead atoms. The molecule has 90 valence electrons. The lowest BCUT2D eigenvalue weighted by molar-refractivity contribution is 1.50. The molecule has 0 atom stereocenters. The monoisotopic (exact) mass is 263 g/mol. The molecule has 0 saturated heterocycles. The summed E-state index contributed by atoms with van der Waals surface area (Å²) in [5.74, 6) is 0. The molecule has 0 spiro atoms. The molecule has 0 aliphatic heterocycles. The van der Waals surface area contributed by atoms with E-state index in [0.717, 1.165) is 26.9 Å². The predicted octanol–water partition coefficient (Wildman–Crippen LogP) is 5.03. The first-order valence-corrected chi connectivity index (χ1v) is 6.34. The van der Waals surface area contributed by atoms with Gasteiger partial charge in [0.1, 0.15) is 0 Å². The number of rotatable bonds is 1. The van der Waals surface area contributed by atoms with Crippen LogP contribution in [0.15, 0.2) is 60.7 Å². The van der Waals surface area contributed by atoms with Crippen molar-refractivity contribution in [3.63, 3.8) is 0 Å². The van der Waals surface area contributed by atoms with E-state index < -0.39 is 0 Å². The molecule has 2 heteroatoms. The Morgan fingerprint density at radius 2 is 1.37 bits per heavy atom. The van der Waals surface area contributed by atoms with Crippen LogP contribution in [0, 0.1) is 11.3 Å². The van der Waals surface area contributed by atoms with Crippen LogP contribution in [0.25, 0.3) is 21.9 Å². The van der Waals surface area contributed by atoms with Gasteiger partial charge in [0, 0.05) is 5.02 Å². The van der Waals surface area contributed by atoms with Gasteiger partial charge in [-0.3, -0.25) is 0 Å². The van der Waals surface area contributed by atoms with Crippen LogP contribution in [0.4, 0.5) is 0 Å². The van der Waals surface area contributed by atoms with Gasteiger partial charge in [-0.15, -0.1) is 0 Å². The van der Waals surface area contributed by atoms with Crippen LogP contribution in [-0.4, -0.2) is 0 Å². The molecule has 0 heterocycles. The lowest BCUT2D eigenvalue weighted by atomic mass is 10.0. The zero-order valence-electron chi connectivity index (χ0n) is 10.1. The first-order chi connectivity index (χ1) is 9.26. The number of nitriles is 1. The molecule has 0 radical (unpaired) electrons. The van der Waals surface area contributed by atoms with Crippen molar-refractivity contribution in [3.8, 4) is 17.2 Å². The molecule has 3 aromatic carbocycles. The Hall–Kier alpha value is -2.30. The molecule has 0 N–H and O–H groups in total. The van der Waals surface area contributed by atoms with Gasteiger partial charge in [0.25, 0.3) is 0 Å². The molecule has 0 aliphatic rings. The summed E-state index contributed by atoms with van der Waals surface area (Å²) < 4.78 is 0. The second-order valence-electron chi connectivity index (χ2n) is 4.40. The van der Waals surface area contributed by atoms with Gasteiger partial charge < -0.3 is 0 Å². The van der Waals surface area contributed by atoms with E-state index in [1.807, 2.05) is 48.5 Å². The number of nitrogens with zero attached hydrogens (tertiary/aromatic N) is 1. The second-order valence-corrected chi connectivity index (χ2v) is 4.83. The molecule has 0 aliphatic carbocycles. The smallest absolute Gasteiger partial charge is 0.0991 e. The molecule has 3 rings (SSSR count). The molecule has 1 nitrogen and oxygen atoms in total. The van der Waals surface area contributed by atoms with Gasteiger partial charge >= 0.3 is 0 Å². The highest BCUT2D eigenvalue weighted by Crippen LogP contribution is 2.26. The minimum absolute atomic E-state index is 0.687. The fourth-order valence-electron chi connectivity index (χ4n) is 2.14. The van der Waals surface area contributed by atoms with Crippen LogP contribution >= 0.6 is 11.6 Å². The SMILES string of the molecule is N#Cc1ccc2cc(-c3ccc(Cl)cc3)ccc2c1. The molecular weight excluding hydrogens is 254 g/mol. The number of hydrogen-bond acceptors (Lipinski definition) is 1. The molecule has 0 aromatic heterocycles. The quantitative estimate of drug-likeness (QED) is 0.604. The van der Waals surface area contributed by atoms with Crippen LogP contribution < -0.4 is 0 Å². The molecule has 0 unspecified atom stereocenters. The lowest BCUT2D eigenvalue weighted by Crippen LogP contribution is -1.80. The van der Waals surface area contributed by atoms with Gasteiger partial charge in [-0.2, -0.15) is 5.26 Å². The van der Waals surface area contributed by atoms with E-state index in [1.165, 1.54) is 0 Å². The van der Waals surface area contributed by atoms with Gasteiger partial charge in [0.05, 0.1) is 11.6 Å². The van der Waals surface area contributed by atoms with Gasteiger partial charge in [-0.25, -0.2) is 0 Å². The highest BCUT2D eigenvalue weighted by molar-refractivity contribution is 6.30. The Bertz CT molecular complexity index is 782. The fourth-order valence-corrected chi connectivity index (χ4v) is 2.26. The van der Waals surface area contributed by atoms with Gasteiger partial charge in [0.2, 0.25) is 0 Å². The van der Waals surface area contributed by atoms with Crippen molar-refractivity contribution in [2.75, 3.05) is 0 Å². The Morgan fingerprint density at radius 1 is 0.737 bits per heavy atom. The third-order valence-electron chi connectivity index (χ3n) is 3.15. The maximum Gasteiger partial charge on any atom is 0.0991 e. The van der Waals surface area contributed by atoms with E-state index in [4.69, 9.17) is 16.9 Å². The number of benzene rings is 3. The summed E-state index contributed by atoms with van der Waals surface area (Å²) >= 11 is 5.90. The molecular formula is C17H10ClN. The number of halogens is 1. The van der Waals surface area contributed by atoms with Crippen molar-refractivity contribution in [3.05, 3.63) is 71.2 Å². The van der Waals surface area contributed by atoms with Crippen molar-refractivity contribution in [1.82, 2.24) is 0 Å². The summed E-state index contributed by atoms with van der Waals surface area (Å²) in [5, 5.41) is 11.8. The van der Waals surface area contributed by atoms with Crippen molar-refractivity contribution in [1.29, 1.82) is 5.26 Å². The highest BCUT2D eigenvalue weighted by atomic mass is 35.5. The zero-order valence-corrected chi connectivity index (χ0v) is 10.9. The van der Waals surface area contributed by atoms with Gasteiger partial charge in [0.15, 0.2) is 0 Å². The maximum atomic E-state index is 8.89. The van der Waals surface area contributed by atoms with E-state index in [-0.39, 0.29) is 0 Å². The fraction of sp³-hybridized carbons (Fsp3) is 0. The summed E-state index contributed by atoms with van der Waals surface area (Å²) in [6, 6.07) is 21.9. The summed E-state index contributed by atoms with van der Waals surface area (Å²) in [5.41, 5.74) is 2.97.